The van der Waals surface area contributed by atoms with Crippen molar-refractivity contribution < 1.29 is 4.79 Å². The Hall–Kier alpha value is -2.47. The highest BCUT2D eigenvalue weighted by Gasteiger charge is 2.22. The molecule has 1 fully saturated rings. The van der Waals surface area contributed by atoms with Crippen molar-refractivity contribution in [3.63, 3.8) is 0 Å². The van der Waals surface area contributed by atoms with Gasteiger partial charge in [0.1, 0.15) is 11.6 Å². The fourth-order valence-electron chi connectivity index (χ4n) is 3.04. The second kappa shape index (κ2) is 7.88. The molecule has 0 radical (unpaired) electrons. The molecule has 0 saturated carbocycles. The maximum Gasteiger partial charge on any atom is 0.233 e. The van der Waals surface area contributed by atoms with E-state index >= 15 is 0 Å². The number of pyridine rings is 2. The molecule has 3 heterocycles. The highest BCUT2D eigenvalue weighted by Crippen LogP contribution is 2.29. The standard InChI is InChI=1S/C18H23N5O/c1-19-18(24)13-23-10-6-14(7-11-23)15-5-9-21-17(12-15)22-16-4-2-3-8-20-16/h2-5,8-9,12,14H,6-7,10-11,13H2,1H3,(H,19,24)(H,20,21,22). The van der Waals surface area contributed by atoms with Crippen LogP contribution in [0.3, 0.4) is 0 Å². The van der Waals surface area contributed by atoms with Crippen LogP contribution in [0, 0.1) is 0 Å². The normalized spacial score (nSPS) is 15.9. The van der Waals surface area contributed by atoms with E-state index in [4.69, 9.17) is 0 Å². The highest BCUT2D eigenvalue weighted by molar-refractivity contribution is 5.77. The van der Waals surface area contributed by atoms with Crippen molar-refractivity contribution in [2.24, 2.45) is 0 Å². The Kier molecular flexibility index (Phi) is 5.38. The van der Waals surface area contributed by atoms with Gasteiger partial charge in [-0.3, -0.25) is 9.69 Å². The van der Waals surface area contributed by atoms with Gasteiger partial charge in [-0.2, -0.15) is 0 Å². The molecule has 2 aromatic heterocycles. The lowest BCUT2D eigenvalue weighted by Gasteiger charge is -2.31. The number of aromatic nitrogens is 2. The SMILES string of the molecule is CNC(=O)CN1CCC(c2ccnc(Nc3ccccn3)c2)CC1. The predicted octanol–water partition coefficient (Wildman–Crippen LogP) is 2.15. The first-order valence-electron chi connectivity index (χ1n) is 8.31. The topological polar surface area (TPSA) is 70.2 Å². The van der Waals surface area contributed by atoms with Gasteiger partial charge in [-0.15, -0.1) is 0 Å². The minimum absolute atomic E-state index is 0.0826. The second-order valence-electron chi connectivity index (χ2n) is 6.04. The van der Waals surface area contributed by atoms with E-state index in [2.05, 4.69) is 37.6 Å². The molecule has 1 amide bonds. The fourth-order valence-corrected chi connectivity index (χ4v) is 3.04. The van der Waals surface area contributed by atoms with Crippen molar-refractivity contribution in [2.45, 2.75) is 18.8 Å². The summed E-state index contributed by atoms with van der Waals surface area (Å²) in [6.07, 6.45) is 5.72. The van der Waals surface area contributed by atoms with Gasteiger partial charge < -0.3 is 10.6 Å². The third-order valence-corrected chi connectivity index (χ3v) is 4.41. The second-order valence-corrected chi connectivity index (χ2v) is 6.04. The highest BCUT2D eigenvalue weighted by atomic mass is 16.1. The summed E-state index contributed by atoms with van der Waals surface area (Å²) in [5.41, 5.74) is 1.29. The van der Waals surface area contributed by atoms with Crippen molar-refractivity contribution in [3.8, 4) is 0 Å². The molecule has 6 nitrogen and oxygen atoms in total. The third-order valence-electron chi connectivity index (χ3n) is 4.41. The molecular formula is C18H23N5O. The number of piperidine rings is 1. The van der Waals surface area contributed by atoms with E-state index in [9.17, 15) is 4.79 Å². The average molecular weight is 325 g/mol. The van der Waals surface area contributed by atoms with Crippen LogP contribution in [0.5, 0.6) is 0 Å². The molecule has 2 N–H and O–H groups in total. The first-order chi connectivity index (χ1) is 11.7. The van der Waals surface area contributed by atoms with E-state index < -0.39 is 0 Å². The van der Waals surface area contributed by atoms with Gasteiger partial charge in [-0.25, -0.2) is 9.97 Å². The Morgan fingerprint density at radius 3 is 2.67 bits per heavy atom. The number of carbonyl (C=O) groups is 1. The van der Waals surface area contributed by atoms with Crippen molar-refractivity contribution in [1.82, 2.24) is 20.2 Å². The molecule has 0 spiro atoms. The van der Waals surface area contributed by atoms with Crippen LogP contribution in [0.1, 0.15) is 24.3 Å². The predicted molar refractivity (Wildman–Crippen MR) is 94.2 cm³/mol. The number of hydrogen-bond donors (Lipinski definition) is 2. The Balaban J connectivity index is 1.60. The average Bonchev–Trinajstić information content (AvgIpc) is 2.63. The largest absolute Gasteiger partial charge is 0.358 e. The Bertz CT molecular complexity index is 668. The lowest BCUT2D eigenvalue weighted by atomic mass is 9.90. The van der Waals surface area contributed by atoms with Crippen LogP contribution < -0.4 is 10.6 Å². The van der Waals surface area contributed by atoms with E-state index in [-0.39, 0.29) is 5.91 Å². The number of nitrogens with one attached hydrogen (secondary N) is 2. The fraction of sp³-hybridized carbons (Fsp3) is 0.389. The van der Waals surface area contributed by atoms with Crippen LogP contribution in [0.2, 0.25) is 0 Å². The molecule has 1 aliphatic heterocycles. The molecule has 0 aliphatic carbocycles. The quantitative estimate of drug-likeness (QED) is 0.881. The van der Waals surface area contributed by atoms with Gasteiger partial charge in [-0.05, 0) is 61.7 Å². The number of rotatable bonds is 5. The van der Waals surface area contributed by atoms with Gasteiger partial charge in [0.25, 0.3) is 0 Å². The monoisotopic (exact) mass is 325 g/mol. The smallest absolute Gasteiger partial charge is 0.233 e. The van der Waals surface area contributed by atoms with E-state index in [0.29, 0.717) is 12.5 Å². The van der Waals surface area contributed by atoms with Gasteiger partial charge in [0, 0.05) is 19.4 Å². The molecule has 1 aliphatic rings. The van der Waals surface area contributed by atoms with E-state index in [1.165, 1.54) is 5.56 Å². The molecule has 6 heteroatoms. The lowest BCUT2D eigenvalue weighted by Crippen LogP contribution is -2.40. The molecule has 126 valence electrons. The Morgan fingerprint density at radius 2 is 1.96 bits per heavy atom. The zero-order valence-electron chi connectivity index (χ0n) is 13.9. The molecular weight excluding hydrogens is 302 g/mol. The minimum atomic E-state index is 0.0826. The molecule has 0 aromatic carbocycles. The van der Waals surface area contributed by atoms with Crippen molar-refractivity contribution >= 4 is 17.5 Å². The van der Waals surface area contributed by atoms with Gasteiger partial charge in [-0.1, -0.05) is 6.07 Å². The zero-order valence-corrected chi connectivity index (χ0v) is 13.9. The van der Waals surface area contributed by atoms with Crippen molar-refractivity contribution in [1.29, 1.82) is 0 Å². The van der Waals surface area contributed by atoms with E-state index in [1.807, 2.05) is 24.4 Å². The number of anilines is 2. The number of likely N-dealkylation sites (N-methyl/N-ethyl adjacent to an activating group) is 1. The van der Waals surface area contributed by atoms with E-state index in [1.54, 1.807) is 13.2 Å². The summed E-state index contributed by atoms with van der Waals surface area (Å²) in [5, 5.41) is 5.92. The summed E-state index contributed by atoms with van der Waals surface area (Å²) in [6, 6.07) is 9.95. The number of nitrogens with zero attached hydrogens (tertiary/aromatic N) is 3. The number of hydrogen-bond acceptors (Lipinski definition) is 5. The first kappa shape index (κ1) is 16.4. The first-order valence-corrected chi connectivity index (χ1v) is 8.31. The van der Waals surface area contributed by atoms with Crippen LogP contribution in [0.15, 0.2) is 42.7 Å². The lowest BCUT2D eigenvalue weighted by molar-refractivity contribution is -0.122. The van der Waals surface area contributed by atoms with Crippen LogP contribution in [0.4, 0.5) is 11.6 Å². The number of amides is 1. The van der Waals surface area contributed by atoms with Crippen molar-refractivity contribution in [3.05, 3.63) is 48.3 Å². The Morgan fingerprint density at radius 1 is 1.17 bits per heavy atom. The molecule has 0 bridgehead atoms. The van der Waals surface area contributed by atoms with Crippen LogP contribution in [-0.4, -0.2) is 47.5 Å². The molecule has 0 atom stereocenters. The summed E-state index contributed by atoms with van der Waals surface area (Å²) >= 11 is 0. The summed E-state index contributed by atoms with van der Waals surface area (Å²) in [5.74, 6) is 2.21. The molecule has 3 rings (SSSR count). The van der Waals surface area contributed by atoms with Crippen LogP contribution in [-0.2, 0) is 4.79 Å². The summed E-state index contributed by atoms with van der Waals surface area (Å²) in [4.78, 5) is 22.3. The molecule has 0 unspecified atom stereocenters. The minimum Gasteiger partial charge on any atom is -0.358 e. The molecule has 2 aromatic rings. The summed E-state index contributed by atoms with van der Waals surface area (Å²) in [7, 11) is 1.68. The summed E-state index contributed by atoms with van der Waals surface area (Å²) < 4.78 is 0. The van der Waals surface area contributed by atoms with Gasteiger partial charge >= 0.3 is 0 Å². The number of likely N-dealkylation sites (tertiary alicyclic amines) is 1. The molecule has 1 saturated heterocycles. The molecule has 24 heavy (non-hydrogen) atoms. The van der Waals surface area contributed by atoms with Crippen molar-refractivity contribution in [2.75, 3.05) is 32.0 Å². The van der Waals surface area contributed by atoms with Gasteiger partial charge in [0.05, 0.1) is 6.54 Å². The summed E-state index contributed by atoms with van der Waals surface area (Å²) in [6.45, 7) is 2.39. The zero-order chi connectivity index (χ0) is 16.8. The van der Waals surface area contributed by atoms with Gasteiger partial charge in [0.2, 0.25) is 5.91 Å². The van der Waals surface area contributed by atoms with Crippen LogP contribution >= 0.6 is 0 Å². The third kappa shape index (κ3) is 4.29. The van der Waals surface area contributed by atoms with E-state index in [0.717, 1.165) is 37.6 Å². The maximum atomic E-state index is 11.5. The van der Waals surface area contributed by atoms with Gasteiger partial charge in [0.15, 0.2) is 0 Å². The van der Waals surface area contributed by atoms with Crippen LogP contribution in [0.25, 0.3) is 0 Å². The Labute approximate surface area is 142 Å². The number of carbonyl (C=O) groups excluding carboxylic acids is 1. The maximum absolute atomic E-state index is 11.5.